The first-order chi connectivity index (χ1) is 13.3. The number of benzene rings is 2. The van der Waals surface area contributed by atoms with Gasteiger partial charge < -0.3 is 5.32 Å². The Balaban J connectivity index is 1.80. The van der Waals surface area contributed by atoms with Gasteiger partial charge in [-0.1, -0.05) is 36.4 Å². The van der Waals surface area contributed by atoms with Gasteiger partial charge in [0.25, 0.3) is 0 Å². The number of amides is 1. The summed E-state index contributed by atoms with van der Waals surface area (Å²) in [5, 5.41) is 2.63. The molecule has 0 unspecified atom stereocenters. The van der Waals surface area contributed by atoms with Gasteiger partial charge in [-0.05, 0) is 17.7 Å². The molecule has 0 heterocycles. The Bertz CT molecular complexity index is 908. The third kappa shape index (κ3) is 7.21. The lowest BCUT2D eigenvalue weighted by Gasteiger charge is -2.20. The highest BCUT2D eigenvalue weighted by Gasteiger charge is 2.21. The Kier molecular flexibility index (Phi) is 8.40. The summed E-state index contributed by atoms with van der Waals surface area (Å²) in [6.45, 7) is -0.304. The summed E-state index contributed by atoms with van der Waals surface area (Å²) in [7, 11) is -3.69. The standard InChI is InChI=1S/C19H22F2N2O3S2/c1-28(25,26)23(12-15-6-2-4-8-17(15)20)13-19(24)22-10-11-27-14-16-7-3-5-9-18(16)21/h2-9H,10-14H2,1H3,(H,22,24). The van der Waals surface area contributed by atoms with Crippen molar-refractivity contribution in [2.24, 2.45) is 0 Å². The quantitative estimate of drug-likeness (QED) is 0.591. The van der Waals surface area contributed by atoms with E-state index >= 15 is 0 Å². The average Bonchev–Trinajstić information content (AvgIpc) is 2.63. The first-order valence-corrected chi connectivity index (χ1v) is 11.5. The first-order valence-electron chi connectivity index (χ1n) is 8.53. The van der Waals surface area contributed by atoms with Gasteiger partial charge in [-0.15, -0.1) is 0 Å². The highest BCUT2D eigenvalue weighted by Crippen LogP contribution is 2.15. The fourth-order valence-electron chi connectivity index (χ4n) is 2.38. The Hall–Kier alpha value is -1.97. The van der Waals surface area contributed by atoms with Crippen LogP contribution in [0.5, 0.6) is 0 Å². The number of nitrogens with zero attached hydrogens (tertiary/aromatic N) is 1. The van der Waals surface area contributed by atoms with E-state index in [2.05, 4.69) is 5.32 Å². The zero-order chi connectivity index (χ0) is 20.6. The molecule has 0 saturated carbocycles. The van der Waals surface area contributed by atoms with Crippen molar-refractivity contribution in [2.45, 2.75) is 12.3 Å². The second kappa shape index (κ2) is 10.5. The van der Waals surface area contributed by atoms with Crippen LogP contribution in [-0.2, 0) is 27.1 Å². The van der Waals surface area contributed by atoms with E-state index in [1.807, 2.05) is 0 Å². The van der Waals surface area contributed by atoms with Crippen LogP contribution in [0.1, 0.15) is 11.1 Å². The predicted molar refractivity (Wildman–Crippen MR) is 107 cm³/mol. The molecular weight excluding hydrogens is 406 g/mol. The Morgan fingerprint density at radius 2 is 1.61 bits per heavy atom. The van der Waals surface area contributed by atoms with Gasteiger partial charge in [0, 0.05) is 30.2 Å². The van der Waals surface area contributed by atoms with Crippen molar-refractivity contribution in [3.63, 3.8) is 0 Å². The normalized spacial score (nSPS) is 11.6. The lowest BCUT2D eigenvalue weighted by atomic mass is 10.2. The molecule has 0 fully saturated rings. The third-order valence-electron chi connectivity index (χ3n) is 3.88. The monoisotopic (exact) mass is 428 g/mol. The van der Waals surface area contributed by atoms with Crippen LogP contribution in [0.15, 0.2) is 48.5 Å². The van der Waals surface area contributed by atoms with Crippen LogP contribution in [-0.4, -0.2) is 43.7 Å². The fourth-order valence-corrected chi connectivity index (χ4v) is 3.95. The maximum Gasteiger partial charge on any atom is 0.235 e. The first kappa shape index (κ1) is 22.3. The van der Waals surface area contributed by atoms with Crippen molar-refractivity contribution >= 4 is 27.7 Å². The summed E-state index contributed by atoms with van der Waals surface area (Å²) in [5.41, 5.74) is 0.785. The van der Waals surface area contributed by atoms with Gasteiger partial charge in [0.15, 0.2) is 0 Å². The Morgan fingerprint density at radius 3 is 2.18 bits per heavy atom. The lowest BCUT2D eigenvalue weighted by molar-refractivity contribution is -0.121. The maximum atomic E-state index is 13.8. The lowest BCUT2D eigenvalue weighted by Crippen LogP contribution is -2.40. The minimum atomic E-state index is -3.69. The molecule has 2 rings (SSSR count). The number of nitrogens with one attached hydrogen (secondary N) is 1. The van der Waals surface area contributed by atoms with Crippen molar-refractivity contribution in [1.29, 1.82) is 0 Å². The maximum absolute atomic E-state index is 13.8. The molecule has 0 saturated heterocycles. The number of halogens is 2. The molecule has 28 heavy (non-hydrogen) atoms. The van der Waals surface area contributed by atoms with Crippen LogP contribution < -0.4 is 5.32 Å². The second-order valence-corrected chi connectivity index (χ2v) is 9.20. The molecule has 2 aromatic rings. The van der Waals surface area contributed by atoms with E-state index in [1.54, 1.807) is 24.3 Å². The van der Waals surface area contributed by atoms with Crippen LogP contribution >= 0.6 is 11.8 Å². The molecule has 1 amide bonds. The smallest absolute Gasteiger partial charge is 0.235 e. The summed E-state index contributed by atoms with van der Waals surface area (Å²) < 4.78 is 52.1. The SMILES string of the molecule is CS(=O)(=O)N(CC(=O)NCCSCc1ccccc1F)Cc1ccccc1F. The van der Waals surface area contributed by atoms with Gasteiger partial charge >= 0.3 is 0 Å². The molecule has 9 heteroatoms. The van der Waals surface area contributed by atoms with Crippen LogP contribution in [0.4, 0.5) is 8.78 Å². The van der Waals surface area contributed by atoms with E-state index in [-0.39, 0.29) is 17.9 Å². The molecule has 0 aliphatic heterocycles. The van der Waals surface area contributed by atoms with Crippen molar-refractivity contribution in [3.05, 3.63) is 71.3 Å². The van der Waals surface area contributed by atoms with Crippen LogP contribution in [0.25, 0.3) is 0 Å². The van der Waals surface area contributed by atoms with Gasteiger partial charge in [0.05, 0.1) is 12.8 Å². The summed E-state index contributed by atoms with van der Waals surface area (Å²) in [6, 6.07) is 12.3. The number of thioether (sulfide) groups is 1. The highest BCUT2D eigenvalue weighted by molar-refractivity contribution is 7.98. The summed E-state index contributed by atoms with van der Waals surface area (Å²) >= 11 is 1.46. The largest absolute Gasteiger partial charge is 0.354 e. The summed E-state index contributed by atoms with van der Waals surface area (Å²) in [6.07, 6.45) is 0.978. The molecule has 0 radical (unpaired) electrons. The van der Waals surface area contributed by atoms with E-state index in [0.29, 0.717) is 23.6 Å². The molecule has 152 valence electrons. The number of hydrogen-bond donors (Lipinski definition) is 1. The number of carbonyl (C=O) groups is 1. The number of hydrogen-bond acceptors (Lipinski definition) is 4. The molecule has 0 aromatic heterocycles. The third-order valence-corrected chi connectivity index (χ3v) is 6.08. The summed E-state index contributed by atoms with van der Waals surface area (Å²) in [5.74, 6) is -0.247. The molecule has 0 aliphatic rings. The molecule has 1 N–H and O–H groups in total. The van der Waals surface area contributed by atoms with Crippen LogP contribution in [0.2, 0.25) is 0 Å². The van der Waals surface area contributed by atoms with E-state index in [1.165, 1.54) is 36.0 Å². The Labute approximate surface area is 168 Å². The van der Waals surface area contributed by atoms with Gasteiger partial charge in [-0.25, -0.2) is 17.2 Å². The topological polar surface area (TPSA) is 66.5 Å². The molecule has 0 aliphatic carbocycles. The molecule has 5 nitrogen and oxygen atoms in total. The van der Waals surface area contributed by atoms with E-state index in [9.17, 15) is 22.0 Å². The van der Waals surface area contributed by atoms with Crippen molar-refractivity contribution < 1.29 is 22.0 Å². The van der Waals surface area contributed by atoms with E-state index < -0.39 is 28.3 Å². The minimum absolute atomic E-state index is 0.196. The van der Waals surface area contributed by atoms with Gasteiger partial charge in [0.1, 0.15) is 11.6 Å². The average molecular weight is 429 g/mol. The van der Waals surface area contributed by atoms with Crippen molar-refractivity contribution in [1.82, 2.24) is 9.62 Å². The van der Waals surface area contributed by atoms with Gasteiger partial charge in [-0.2, -0.15) is 16.1 Å². The Morgan fingerprint density at radius 1 is 1.04 bits per heavy atom. The molecule has 0 atom stereocenters. The van der Waals surface area contributed by atoms with Crippen LogP contribution in [0, 0.1) is 11.6 Å². The minimum Gasteiger partial charge on any atom is -0.354 e. The van der Waals surface area contributed by atoms with E-state index in [0.717, 1.165) is 10.6 Å². The van der Waals surface area contributed by atoms with Gasteiger partial charge in [0.2, 0.25) is 15.9 Å². The van der Waals surface area contributed by atoms with Gasteiger partial charge in [-0.3, -0.25) is 4.79 Å². The van der Waals surface area contributed by atoms with Crippen LogP contribution in [0.3, 0.4) is 0 Å². The zero-order valence-electron chi connectivity index (χ0n) is 15.4. The van der Waals surface area contributed by atoms with E-state index in [4.69, 9.17) is 0 Å². The molecular formula is C19H22F2N2O3S2. The van der Waals surface area contributed by atoms with Crippen molar-refractivity contribution in [3.8, 4) is 0 Å². The second-order valence-electron chi connectivity index (χ2n) is 6.12. The number of carbonyl (C=O) groups excluding carboxylic acids is 1. The predicted octanol–water partition coefficient (Wildman–Crippen LogP) is 2.78. The molecule has 2 aromatic carbocycles. The fraction of sp³-hybridized carbons (Fsp3) is 0.316. The van der Waals surface area contributed by atoms with Crippen molar-refractivity contribution in [2.75, 3.05) is 25.1 Å². The number of sulfonamides is 1. The zero-order valence-corrected chi connectivity index (χ0v) is 17.0. The number of rotatable bonds is 10. The highest BCUT2D eigenvalue weighted by atomic mass is 32.2. The molecule has 0 bridgehead atoms. The molecule has 0 spiro atoms. The summed E-state index contributed by atoms with van der Waals surface area (Å²) in [4.78, 5) is 12.1.